The van der Waals surface area contributed by atoms with Gasteiger partial charge < -0.3 is 9.30 Å². The van der Waals surface area contributed by atoms with Crippen molar-refractivity contribution in [3.63, 3.8) is 0 Å². The lowest BCUT2D eigenvalue weighted by Crippen LogP contribution is -2.17. The Morgan fingerprint density at radius 3 is 3.13 bits per heavy atom. The zero-order chi connectivity index (χ0) is 10.8. The first-order valence-corrected chi connectivity index (χ1v) is 5.94. The Kier molecular flexibility index (Phi) is 3.26. The number of ether oxygens (including phenoxy) is 1. The Labute approximate surface area is 97.5 Å². The molecule has 0 amide bonds. The van der Waals surface area contributed by atoms with Crippen LogP contribution in [0.2, 0.25) is 0 Å². The number of carbonyl (C=O) groups is 1. The number of rotatable bonds is 3. The summed E-state index contributed by atoms with van der Waals surface area (Å²) in [5.74, 6) is 0. The number of nitrogens with zero attached hydrogens (tertiary/aromatic N) is 1. The van der Waals surface area contributed by atoms with E-state index in [0.29, 0.717) is 0 Å². The summed E-state index contributed by atoms with van der Waals surface area (Å²) < 4.78 is 8.58. The minimum absolute atomic E-state index is 0.265. The van der Waals surface area contributed by atoms with Gasteiger partial charge in [0.2, 0.25) is 0 Å². The molecular formula is C11H14BrNO2. The fourth-order valence-corrected chi connectivity index (χ4v) is 2.42. The largest absolute Gasteiger partial charge is 0.376 e. The van der Waals surface area contributed by atoms with Crippen molar-refractivity contribution >= 4 is 22.2 Å². The third-order valence-corrected chi connectivity index (χ3v) is 3.67. The third-order valence-electron chi connectivity index (χ3n) is 2.87. The number of carbonyl (C=O) groups excluding carboxylic acids is 1. The molecule has 0 aliphatic carbocycles. The van der Waals surface area contributed by atoms with Crippen LogP contribution >= 0.6 is 15.9 Å². The summed E-state index contributed by atoms with van der Waals surface area (Å²) in [7, 11) is 0. The zero-order valence-electron chi connectivity index (χ0n) is 8.70. The van der Waals surface area contributed by atoms with Crippen LogP contribution in [0.3, 0.4) is 0 Å². The van der Waals surface area contributed by atoms with Crippen molar-refractivity contribution in [1.29, 1.82) is 0 Å². The fraction of sp³-hybridized carbons (Fsp3) is 0.545. The second kappa shape index (κ2) is 4.49. The molecule has 4 heteroatoms. The molecule has 0 unspecified atom stereocenters. The zero-order valence-corrected chi connectivity index (χ0v) is 10.3. The highest BCUT2D eigenvalue weighted by atomic mass is 79.9. The molecule has 0 saturated carbocycles. The van der Waals surface area contributed by atoms with E-state index in [4.69, 9.17) is 4.74 Å². The van der Waals surface area contributed by atoms with E-state index in [1.165, 1.54) is 0 Å². The Balaban J connectivity index is 2.21. The molecule has 3 nitrogen and oxygen atoms in total. The maximum absolute atomic E-state index is 10.9. The second-order valence-corrected chi connectivity index (χ2v) is 4.72. The number of hydrogen-bond acceptors (Lipinski definition) is 2. The third kappa shape index (κ3) is 2.16. The second-order valence-electron chi connectivity index (χ2n) is 3.87. The van der Waals surface area contributed by atoms with Gasteiger partial charge in [-0.2, -0.15) is 0 Å². The lowest BCUT2D eigenvalue weighted by molar-refractivity contribution is 0.0948. The summed E-state index contributed by atoms with van der Waals surface area (Å²) in [5, 5.41) is 0. The van der Waals surface area contributed by atoms with Crippen molar-refractivity contribution in [2.45, 2.75) is 32.4 Å². The van der Waals surface area contributed by atoms with E-state index >= 15 is 0 Å². The van der Waals surface area contributed by atoms with Crippen molar-refractivity contribution in [3.05, 3.63) is 21.9 Å². The molecule has 1 aromatic rings. The van der Waals surface area contributed by atoms with Crippen LogP contribution in [0.1, 0.15) is 29.0 Å². The van der Waals surface area contributed by atoms with Crippen LogP contribution in [0, 0.1) is 6.92 Å². The molecule has 82 valence electrons. The van der Waals surface area contributed by atoms with E-state index < -0.39 is 0 Å². The number of hydrogen-bond donors (Lipinski definition) is 0. The maximum atomic E-state index is 10.9. The summed E-state index contributed by atoms with van der Waals surface area (Å²) in [5.41, 5.74) is 1.81. The summed E-state index contributed by atoms with van der Waals surface area (Å²) in [6, 6.07) is 1.86. The van der Waals surface area contributed by atoms with Crippen LogP contribution in [0.5, 0.6) is 0 Å². The minimum Gasteiger partial charge on any atom is -0.376 e. The van der Waals surface area contributed by atoms with Gasteiger partial charge in [-0.15, -0.1) is 0 Å². The molecule has 1 aromatic heterocycles. The van der Waals surface area contributed by atoms with Crippen LogP contribution in [0.4, 0.5) is 0 Å². The van der Waals surface area contributed by atoms with Gasteiger partial charge in [-0.05, 0) is 41.8 Å². The number of halogens is 1. The van der Waals surface area contributed by atoms with Crippen molar-refractivity contribution < 1.29 is 9.53 Å². The Bertz CT molecular complexity index is 367. The van der Waals surface area contributed by atoms with E-state index in [-0.39, 0.29) is 6.10 Å². The Morgan fingerprint density at radius 2 is 2.53 bits per heavy atom. The van der Waals surface area contributed by atoms with E-state index in [9.17, 15) is 4.79 Å². The van der Waals surface area contributed by atoms with Gasteiger partial charge in [-0.25, -0.2) is 0 Å². The van der Waals surface area contributed by atoms with Gasteiger partial charge in [0.1, 0.15) is 0 Å². The summed E-state index contributed by atoms with van der Waals surface area (Å²) >= 11 is 3.44. The van der Waals surface area contributed by atoms with Gasteiger partial charge in [0.25, 0.3) is 0 Å². The summed E-state index contributed by atoms with van der Waals surface area (Å²) in [6.45, 7) is 3.64. The van der Waals surface area contributed by atoms with E-state index in [1.54, 1.807) is 0 Å². The molecule has 1 atom stereocenters. The van der Waals surface area contributed by atoms with E-state index in [0.717, 1.165) is 48.1 Å². The number of aromatic nitrogens is 1. The quantitative estimate of drug-likeness (QED) is 0.792. The summed E-state index contributed by atoms with van der Waals surface area (Å²) in [4.78, 5) is 10.9. The van der Waals surface area contributed by atoms with Crippen LogP contribution in [0.15, 0.2) is 10.5 Å². The first-order chi connectivity index (χ1) is 7.22. The molecule has 0 radical (unpaired) electrons. The molecule has 1 aliphatic rings. The van der Waals surface area contributed by atoms with Crippen molar-refractivity contribution in [2.24, 2.45) is 0 Å². The van der Waals surface area contributed by atoms with Crippen LogP contribution in [0.25, 0.3) is 0 Å². The van der Waals surface area contributed by atoms with Crippen molar-refractivity contribution in [3.8, 4) is 0 Å². The molecule has 2 rings (SSSR count). The normalized spacial score (nSPS) is 20.8. The molecule has 0 aromatic carbocycles. The lowest BCUT2D eigenvalue weighted by atomic mass is 10.2. The smallest absolute Gasteiger partial charge is 0.166 e. The Hall–Kier alpha value is -0.610. The van der Waals surface area contributed by atoms with Crippen LogP contribution < -0.4 is 0 Å². The fourth-order valence-electron chi connectivity index (χ4n) is 1.97. The molecule has 2 heterocycles. The van der Waals surface area contributed by atoms with E-state index in [1.807, 2.05) is 17.6 Å². The standard InChI is InChI=1S/C11H14BrNO2/c1-8-11(12)5-9(7-14)13(8)6-10-3-2-4-15-10/h5,7,10H,2-4,6H2,1H3/t10-/m0/s1. The number of aldehydes is 1. The molecule has 1 fully saturated rings. The predicted octanol–water partition coefficient (Wildman–Crippen LogP) is 2.55. The first kappa shape index (κ1) is 10.9. The monoisotopic (exact) mass is 271 g/mol. The van der Waals surface area contributed by atoms with Crippen LogP contribution in [-0.4, -0.2) is 23.6 Å². The average Bonchev–Trinajstić information content (AvgIpc) is 2.82. The molecule has 1 saturated heterocycles. The van der Waals surface area contributed by atoms with Gasteiger partial charge in [0.05, 0.1) is 11.8 Å². The van der Waals surface area contributed by atoms with Gasteiger partial charge in [0, 0.05) is 23.3 Å². The molecule has 1 aliphatic heterocycles. The Morgan fingerprint density at radius 1 is 1.73 bits per heavy atom. The lowest BCUT2D eigenvalue weighted by Gasteiger charge is -2.13. The van der Waals surface area contributed by atoms with Gasteiger partial charge in [-0.3, -0.25) is 4.79 Å². The first-order valence-electron chi connectivity index (χ1n) is 5.15. The highest BCUT2D eigenvalue weighted by molar-refractivity contribution is 9.10. The average molecular weight is 272 g/mol. The van der Waals surface area contributed by atoms with E-state index in [2.05, 4.69) is 15.9 Å². The highest BCUT2D eigenvalue weighted by Gasteiger charge is 2.19. The molecular weight excluding hydrogens is 258 g/mol. The molecule has 15 heavy (non-hydrogen) atoms. The van der Waals surface area contributed by atoms with Gasteiger partial charge in [-0.1, -0.05) is 0 Å². The predicted molar refractivity (Wildman–Crippen MR) is 61.2 cm³/mol. The van der Waals surface area contributed by atoms with Crippen molar-refractivity contribution in [2.75, 3.05) is 6.61 Å². The van der Waals surface area contributed by atoms with Crippen LogP contribution in [-0.2, 0) is 11.3 Å². The topological polar surface area (TPSA) is 31.2 Å². The minimum atomic E-state index is 0.265. The highest BCUT2D eigenvalue weighted by Crippen LogP contribution is 2.23. The molecule has 0 spiro atoms. The summed E-state index contributed by atoms with van der Waals surface area (Å²) in [6.07, 6.45) is 3.38. The maximum Gasteiger partial charge on any atom is 0.166 e. The molecule has 0 N–H and O–H groups in total. The van der Waals surface area contributed by atoms with Gasteiger partial charge >= 0.3 is 0 Å². The van der Waals surface area contributed by atoms with Gasteiger partial charge in [0.15, 0.2) is 6.29 Å². The van der Waals surface area contributed by atoms with Crippen molar-refractivity contribution in [1.82, 2.24) is 4.57 Å². The SMILES string of the molecule is Cc1c(Br)cc(C=O)n1C[C@@H]1CCCO1. The molecule has 0 bridgehead atoms.